The third-order valence-corrected chi connectivity index (χ3v) is 4.10. The van der Waals surface area contributed by atoms with Gasteiger partial charge < -0.3 is 19.0 Å². The minimum atomic E-state index is -0.779. The van der Waals surface area contributed by atoms with Crippen LogP contribution in [-0.4, -0.2) is 41.0 Å². The quantitative estimate of drug-likeness (QED) is 0.203. The highest BCUT2D eigenvalue weighted by molar-refractivity contribution is 6.31. The molecule has 0 aliphatic carbocycles. The second kappa shape index (κ2) is 10.6. The molecule has 0 bridgehead atoms. The van der Waals surface area contributed by atoms with E-state index in [9.17, 15) is 4.79 Å². The SMILES string of the molecule is CC(C)=NOCCOC(=O)C(C)Oc1ccc(Oc2ncc3cc(Cl)ccc3n2)cc1. The molecule has 0 aliphatic heterocycles. The number of halogens is 1. The minimum Gasteiger partial charge on any atom is -0.479 e. The third-order valence-electron chi connectivity index (χ3n) is 3.86. The van der Waals surface area contributed by atoms with E-state index in [-0.39, 0.29) is 19.2 Å². The van der Waals surface area contributed by atoms with Gasteiger partial charge in [-0.2, -0.15) is 4.98 Å². The number of carbonyl (C=O) groups excluding carboxylic acids is 1. The summed E-state index contributed by atoms with van der Waals surface area (Å²) in [6.45, 7) is 5.50. The molecule has 0 radical (unpaired) electrons. The summed E-state index contributed by atoms with van der Waals surface area (Å²) >= 11 is 5.97. The fourth-order valence-corrected chi connectivity index (χ4v) is 2.63. The Morgan fingerprint density at radius 3 is 2.58 bits per heavy atom. The number of rotatable bonds is 9. The van der Waals surface area contributed by atoms with Gasteiger partial charge in [0.15, 0.2) is 12.7 Å². The molecule has 162 valence electrons. The fourth-order valence-electron chi connectivity index (χ4n) is 2.45. The number of nitrogens with zero attached hydrogens (tertiary/aromatic N) is 3. The van der Waals surface area contributed by atoms with Crippen LogP contribution < -0.4 is 9.47 Å². The number of ether oxygens (including phenoxy) is 3. The van der Waals surface area contributed by atoms with Gasteiger partial charge in [0.25, 0.3) is 0 Å². The lowest BCUT2D eigenvalue weighted by Gasteiger charge is -2.14. The summed E-state index contributed by atoms with van der Waals surface area (Å²) in [7, 11) is 0. The molecule has 9 heteroatoms. The zero-order chi connectivity index (χ0) is 22.2. The van der Waals surface area contributed by atoms with E-state index in [4.69, 9.17) is 30.6 Å². The Bertz CT molecular complexity index is 1070. The molecule has 31 heavy (non-hydrogen) atoms. The van der Waals surface area contributed by atoms with E-state index >= 15 is 0 Å². The Hall–Kier alpha value is -3.39. The number of benzene rings is 2. The molecule has 2 aromatic carbocycles. The van der Waals surface area contributed by atoms with Gasteiger partial charge in [0, 0.05) is 16.6 Å². The molecule has 8 nitrogen and oxygen atoms in total. The van der Waals surface area contributed by atoms with Crippen LogP contribution in [0.5, 0.6) is 17.5 Å². The van der Waals surface area contributed by atoms with E-state index in [1.807, 2.05) is 13.8 Å². The molecule has 1 atom stereocenters. The average molecular weight is 444 g/mol. The van der Waals surface area contributed by atoms with Crippen LogP contribution in [0, 0.1) is 0 Å². The monoisotopic (exact) mass is 443 g/mol. The van der Waals surface area contributed by atoms with Crippen molar-refractivity contribution in [3.8, 4) is 17.5 Å². The maximum absolute atomic E-state index is 12.0. The van der Waals surface area contributed by atoms with E-state index in [1.54, 1.807) is 55.6 Å². The van der Waals surface area contributed by atoms with E-state index in [0.717, 1.165) is 16.6 Å². The van der Waals surface area contributed by atoms with Crippen LogP contribution in [0.15, 0.2) is 53.8 Å². The first-order valence-electron chi connectivity index (χ1n) is 9.57. The number of hydrogen-bond donors (Lipinski definition) is 0. The van der Waals surface area contributed by atoms with Crippen molar-refractivity contribution in [2.24, 2.45) is 5.16 Å². The number of esters is 1. The second-order valence-electron chi connectivity index (χ2n) is 6.73. The van der Waals surface area contributed by atoms with E-state index in [0.29, 0.717) is 16.5 Å². The molecule has 0 fully saturated rings. The molecule has 1 aromatic heterocycles. The Labute approximate surface area is 184 Å². The van der Waals surface area contributed by atoms with Crippen molar-refractivity contribution in [2.45, 2.75) is 26.9 Å². The van der Waals surface area contributed by atoms with Crippen LogP contribution in [0.2, 0.25) is 5.02 Å². The van der Waals surface area contributed by atoms with Crippen LogP contribution >= 0.6 is 11.6 Å². The van der Waals surface area contributed by atoms with Gasteiger partial charge >= 0.3 is 12.0 Å². The molecule has 0 saturated carbocycles. The minimum absolute atomic E-state index is 0.0913. The van der Waals surface area contributed by atoms with Crippen molar-refractivity contribution in [2.75, 3.05) is 13.2 Å². The molecule has 0 saturated heterocycles. The van der Waals surface area contributed by atoms with Crippen molar-refractivity contribution in [1.82, 2.24) is 9.97 Å². The second-order valence-corrected chi connectivity index (χ2v) is 7.16. The summed E-state index contributed by atoms with van der Waals surface area (Å²) in [5, 5.41) is 5.20. The van der Waals surface area contributed by atoms with Gasteiger partial charge in [0.2, 0.25) is 0 Å². The Morgan fingerprint density at radius 2 is 1.84 bits per heavy atom. The summed E-state index contributed by atoms with van der Waals surface area (Å²) < 4.78 is 16.4. The van der Waals surface area contributed by atoms with Gasteiger partial charge in [-0.25, -0.2) is 9.78 Å². The Balaban J connectivity index is 1.51. The Kier molecular flexibility index (Phi) is 7.61. The predicted octanol–water partition coefficient (Wildman–Crippen LogP) is 4.80. The maximum atomic E-state index is 12.0. The van der Waals surface area contributed by atoms with Gasteiger partial charge in [0.05, 0.1) is 11.2 Å². The molecule has 1 heterocycles. The lowest BCUT2D eigenvalue weighted by atomic mass is 10.2. The molecule has 0 N–H and O–H groups in total. The van der Waals surface area contributed by atoms with Gasteiger partial charge in [0.1, 0.15) is 18.1 Å². The van der Waals surface area contributed by atoms with Crippen molar-refractivity contribution in [1.29, 1.82) is 0 Å². The molecule has 1 unspecified atom stereocenters. The number of fused-ring (bicyclic) bond motifs is 1. The zero-order valence-electron chi connectivity index (χ0n) is 17.4. The smallest absolute Gasteiger partial charge is 0.347 e. The lowest BCUT2D eigenvalue weighted by molar-refractivity contribution is -0.152. The number of hydrogen-bond acceptors (Lipinski definition) is 8. The molecule has 3 rings (SSSR count). The first-order valence-corrected chi connectivity index (χ1v) is 9.95. The summed E-state index contributed by atoms with van der Waals surface area (Å²) in [6.07, 6.45) is 0.869. The third kappa shape index (κ3) is 6.82. The van der Waals surface area contributed by atoms with Crippen LogP contribution in [-0.2, 0) is 14.4 Å². The molecular formula is C22H22ClN3O5. The Morgan fingerprint density at radius 1 is 1.10 bits per heavy atom. The first kappa shape index (κ1) is 22.3. The fraction of sp³-hybridized carbons (Fsp3) is 0.273. The molecule has 0 aliphatic rings. The van der Waals surface area contributed by atoms with Crippen molar-refractivity contribution < 1.29 is 23.8 Å². The van der Waals surface area contributed by atoms with Gasteiger partial charge in [-0.3, -0.25) is 0 Å². The highest BCUT2D eigenvalue weighted by atomic mass is 35.5. The number of carbonyl (C=O) groups is 1. The first-order chi connectivity index (χ1) is 14.9. The molecule has 3 aromatic rings. The highest BCUT2D eigenvalue weighted by Gasteiger charge is 2.16. The van der Waals surface area contributed by atoms with Crippen LogP contribution in [0.25, 0.3) is 10.9 Å². The summed E-state index contributed by atoms with van der Waals surface area (Å²) in [5.74, 6) is 0.527. The van der Waals surface area contributed by atoms with Gasteiger partial charge in [-0.15, -0.1) is 0 Å². The molecule has 0 amide bonds. The van der Waals surface area contributed by atoms with Crippen LogP contribution in [0.1, 0.15) is 20.8 Å². The summed E-state index contributed by atoms with van der Waals surface area (Å²) in [5.41, 5.74) is 1.51. The summed E-state index contributed by atoms with van der Waals surface area (Å²) in [4.78, 5) is 25.5. The largest absolute Gasteiger partial charge is 0.479 e. The van der Waals surface area contributed by atoms with Crippen LogP contribution in [0.3, 0.4) is 0 Å². The van der Waals surface area contributed by atoms with E-state index in [1.165, 1.54) is 0 Å². The topological polar surface area (TPSA) is 92.1 Å². The number of oxime groups is 1. The van der Waals surface area contributed by atoms with E-state index in [2.05, 4.69) is 15.1 Å². The predicted molar refractivity (Wildman–Crippen MR) is 117 cm³/mol. The number of aromatic nitrogens is 2. The van der Waals surface area contributed by atoms with E-state index < -0.39 is 12.1 Å². The zero-order valence-corrected chi connectivity index (χ0v) is 18.1. The standard InChI is InChI=1S/C22H22ClN3O5/c1-14(2)26-29-11-10-28-21(27)15(3)30-18-5-7-19(8-6-18)31-22-24-13-16-12-17(23)4-9-20(16)25-22/h4-9,12-13,15H,10-11H2,1-3H3. The van der Waals surface area contributed by atoms with Crippen molar-refractivity contribution in [3.63, 3.8) is 0 Å². The van der Waals surface area contributed by atoms with Crippen molar-refractivity contribution >= 4 is 34.2 Å². The van der Waals surface area contributed by atoms with Crippen LogP contribution in [0.4, 0.5) is 0 Å². The van der Waals surface area contributed by atoms with Gasteiger partial charge in [-0.1, -0.05) is 16.8 Å². The average Bonchev–Trinajstić information content (AvgIpc) is 2.74. The molecular weight excluding hydrogens is 422 g/mol. The maximum Gasteiger partial charge on any atom is 0.347 e. The highest BCUT2D eigenvalue weighted by Crippen LogP contribution is 2.24. The molecule has 0 spiro atoms. The normalized spacial score (nSPS) is 11.5. The van der Waals surface area contributed by atoms with Gasteiger partial charge in [-0.05, 0) is 63.2 Å². The lowest BCUT2D eigenvalue weighted by Crippen LogP contribution is -2.27. The summed E-state index contributed by atoms with van der Waals surface area (Å²) in [6, 6.07) is 12.3. The van der Waals surface area contributed by atoms with Crippen molar-refractivity contribution in [3.05, 3.63) is 53.7 Å².